The Morgan fingerprint density at radius 2 is 1.59 bits per heavy atom. The van der Waals surface area contributed by atoms with E-state index in [1.807, 2.05) is 63.2 Å². The first-order valence-corrected chi connectivity index (χ1v) is 12.6. The van der Waals surface area contributed by atoms with E-state index in [-0.39, 0.29) is 17.4 Å². The van der Waals surface area contributed by atoms with Gasteiger partial charge >= 0.3 is 0 Å². The number of aliphatic hydroxyl groups excluding tert-OH is 1. The molecule has 1 heterocycles. The molecule has 1 atom stereocenters. The van der Waals surface area contributed by atoms with Crippen molar-refractivity contribution in [3.05, 3.63) is 95.1 Å². The summed E-state index contributed by atoms with van der Waals surface area (Å²) in [7, 11) is 0. The van der Waals surface area contributed by atoms with Crippen molar-refractivity contribution in [3.63, 3.8) is 0 Å². The van der Waals surface area contributed by atoms with Crippen LogP contribution in [0, 0.1) is 0 Å². The van der Waals surface area contributed by atoms with E-state index in [0.717, 1.165) is 5.56 Å². The molecule has 1 unspecified atom stereocenters. The third kappa shape index (κ3) is 5.38. The molecule has 1 fully saturated rings. The number of hydrogen-bond donors (Lipinski definition) is 1. The largest absolute Gasteiger partial charge is 0.507 e. The highest BCUT2D eigenvalue weighted by Crippen LogP contribution is 2.43. The van der Waals surface area contributed by atoms with Gasteiger partial charge in [0.2, 0.25) is 0 Å². The summed E-state index contributed by atoms with van der Waals surface area (Å²) in [4.78, 5) is 28.4. The lowest BCUT2D eigenvalue weighted by molar-refractivity contribution is -0.132. The molecule has 0 spiro atoms. The Morgan fingerprint density at radius 3 is 2.24 bits per heavy atom. The predicted octanol–water partition coefficient (Wildman–Crippen LogP) is 6.62. The SMILES string of the molecule is CCOc1cccc(C2/C(=C(/O)c3cccc(OC(C)C)c3)C(=O)C(=O)N2c2ccc(C(C)C)cc2)c1. The fourth-order valence-electron chi connectivity index (χ4n) is 4.52. The number of aliphatic hydroxyl groups is 1. The van der Waals surface area contributed by atoms with E-state index in [1.165, 1.54) is 4.90 Å². The van der Waals surface area contributed by atoms with Gasteiger partial charge in [0.05, 0.1) is 24.3 Å². The molecule has 0 saturated carbocycles. The van der Waals surface area contributed by atoms with E-state index in [0.29, 0.717) is 40.8 Å². The molecule has 1 saturated heterocycles. The summed E-state index contributed by atoms with van der Waals surface area (Å²) in [5.41, 5.74) is 2.78. The van der Waals surface area contributed by atoms with Crippen LogP contribution in [-0.2, 0) is 9.59 Å². The van der Waals surface area contributed by atoms with Gasteiger partial charge in [-0.25, -0.2) is 0 Å². The van der Waals surface area contributed by atoms with Crippen LogP contribution in [0.25, 0.3) is 5.76 Å². The minimum absolute atomic E-state index is 0.0216. The molecule has 0 radical (unpaired) electrons. The summed E-state index contributed by atoms with van der Waals surface area (Å²) in [6.45, 7) is 10.4. The van der Waals surface area contributed by atoms with Crippen LogP contribution in [-0.4, -0.2) is 29.5 Å². The van der Waals surface area contributed by atoms with E-state index >= 15 is 0 Å². The lowest BCUT2D eigenvalue weighted by Crippen LogP contribution is -2.29. The number of nitrogens with zero attached hydrogens (tertiary/aromatic N) is 1. The first kappa shape index (κ1) is 26.0. The Bertz CT molecular complexity index is 1320. The summed E-state index contributed by atoms with van der Waals surface area (Å²) < 4.78 is 11.5. The number of ketones is 1. The third-order valence-electron chi connectivity index (χ3n) is 6.25. The van der Waals surface area contributed by atoms with Crippen LogP contribution < -0.4 is 14.4 Å². The molecule has 3 aromatic rings. The molecule has 1 amide bonds. The number of carbonyl (C=O) groups excluding carboxylic acids is 2. The molecular formula is C31H33NO5. The maximum absolute atomic E-state index is 13.5. The molecule has 6 heteroatoms. The average molecular weight is 500 g/mol. The summed E-state index contributed by atoms with van der Waals surface area (Å²) in [6, 6.07) is 21.0. The number of carbonyl (C=O) groups is 2. The van der Waals surface area contributed by atoms with Gasteiger partial charge in [-0.15, -0.1) is 0 Å². The Labute approximate surface area is 218 Å². The van der Waals surface area contributed by atoms with E-state index in [2.05, 4.69) is 13.8 Å². The van der Waals surface area contributed by atoms with Gasteiger partial charge in [-0.05, 0) is 74.2 Å². The van der Waals surface area contributed by atoms with Crippen LogP contribution in [0.5, 0.6) is 11.5 Å². The summed E-state index contributed by atoms with van der Waals surface area (Å²) in [5, 5.41) is 11.4. The molecule has 0 bridgehead atoms. The van der Waals surface area contributed by atoms with Crippen molar-refractivity contribution < 1.29 is 24.2 Å². The second-order valence-electron chi connectivity index (χ2n) is 9.62. The first-order valence-electron chi connectivity index (χ1n) is 12.6. The van der Waals surface area contributed by atoms with Crippen molar-refractivity contribution in [2.45, 2.75) is 52.7 Å². The van der Waals surface area contributed by atoms with Gasteiger partial charge in [-0.1, -0.05) is 50.2 Å². The van der Waals surface area contributed by atoms with E-state index in [9.17, 15) is 14.7 Å². The fourth-order valence-corrected chi connectivity index (χ4v) is 4.52. The molecule has 3 aromatic carbocycles. The first-order chi connectivity index (χ1) is 17.7. The van der Waals surface area contributed by atoms with Gasteiger partial charge in [-0.2, -0.15) is 0 Å². The Balaban J connectivity index is 1.89. The van der Waals surface area contributed by atoms with Crippen LogP contribution >= 0.6 is 0 Å². The van der Waals surface area contributed by atoms with E-state index < -0.39 is 17.7 Å². The topological polar surface area (TPSA) is 76.1 Å². The Kier molecular flexibility index (Phi) is 7.67. The molecule has 6 nitrogen and oxygen atoms in total. The highest BCUT2D eigenvalue weighted by Gasteiger charge is 2.47. The van der Waals surface area contributed by atoms with Gasteiger partial charge < -0.3 is 14.6 Å². The maximum Gasteiger partial charge on any atom is 0.300 e. The summed E-state index contributed by atoms with van der Waals surface area (Å²) >= 11 is 0. The molecule has 0 aliphatic carbocycles. The van der Waals surface area contributed by atoms with Crippen molar-refractivity contribution in [1.82, 2.24) is 0 Å². The maximum atomic E-state index is 13.5. The van der Waals surface area contributed by atoms with E-state index in [4.69, 9.17) is 9.47 Å². The lowest BCUT2D eigenvalue weighted by Gasteiger charge is -2.26. The Hall–Kier alpha value is -4.06. The molecule has 192 valence electrons. The molecule has 4 rings (SSSR count). The van der Waals surface area contributed by atoms with Gasteiger partial charge in [0.1, 0.15) is 17.3 Å². The number of hydrogen-bond acceptors (Lipinski definition) is 5. The molecule has 0 aromatic heterocycles. The van der Waals surface area contributed by atoms with Gasteiger partial charge in [0.15, 0.2) is 0 Å². The van der Waals surface area contributed by atoms with E-state index in [1.54, 1.807) is 30.3 Å². The van der Waals surface area contributed by atoms with Crippen LogP contribution in [0.4, 0.5) is 5.69 Å². The van der Waals surface area contributed by atoms with Crippen molar-refractivity contribution in [2.24, 2.45) is 0 Å². The number of anilines is 1. The smallest absolute Gasteiger partial charge is 0.300 e. The van der Waals surface area contributed by atoms with Crippen molar-refractivity contribution >= 4 is 23.1 Å². The highest BCUT2D eigenvalue weighted by atomic mass is 16.5. The zero-order chi connectivity index (χ0) is 26.7. The summed E-state index contributed by atoms with van der Waals surface area (Å²) in [6.07, 6.45) is -0.0573. The average Bonchev–Trinajstić information content (AvgIpc) is 3.14. The van der Waals surface area contributed by atoms with Crippen molar-refractivity contribution in [2.75, 3.05) is 11.5 Å². The van der Waals surface area contributed by atoms with Crippen molar-refractivity contribution in [3.8, 4) is 11.5 Å². The number of amides is 1. The van der Waals surface area contributed by atoms with Crippen LogP contribution in [0.15, 0.2) is 78.4 Å². The van der Waals surface area contributed by atoms with Crippen LogP contribution in [0.2, 0.25) is 0 Å². The number of Topliss-reactive ketones (excluding diaryl/α,β-unsaturated/α-hetero) is 1. The number of ether oxygens (including phenoxy) is 2. The minimum atomic E-state index is -0.833. The minimum Gasteiger partial charge on any atom is -0.507 e. The highest BCUT2D eigenvalue weighted by molar-refractivity contribution is 6.51. The monoisotopic (exact) mass is 499 g/mol. The quantitative estimate of drug-likeness (QED) is 0.214. The van der Waals surface area contributed by atoms with Crippen LogP contribution in [0.1, 0.15) is 63.3 Å². The van der Waals surface area contributed by atoms with Gasteiger partial charge in [-0.3, -0.25) is 14.5 Å². The third-order valence-corrected chi connectivity index (χ3v) is 6.25. The predicted molar refractivity (Wildman–Crippen MR) is 145 cm³/mol. The molecule has 1 N–H and O–H groups in total. The fraction of sp³-hybridized carbons (Fsp3) is 0.290. The van der Waals surface area contributed by atoms with Crippen LogP contribution in [0.3, 0.4) is 0 Å². The second kappa shape index (κ2) is 10.9. The zero-order valence-electron chi connectivity index (χ0n) is 21.9. The molecule has 1 aliphatic rings. The van der Waals surface area contributed by atoms with Gasteiger partial charge in [0.25, 0.3) is 11.7 Å². The molecule has 1 aliphatic heterocycles. The second-order valence-corrected chi connectivity index (χ2v) is 9.62. The van der Waals surface area contributed by atoms with Gasteiger partial charge in [0, 0.05) is 11.3 Å². The Morgan fingerprint density at radius 1 is 0.919 bits per heavy atom. The standard InChI is InChI=1S/C31H33NO5/c1-6-36-25-11-7-9-22(17-25)28-27(29(33)23-10-8-12-26(18-23)37-20(4)5)30(34)31(35)32(28)24-15-13-21(14-16-24)19(2)3/h7-20,28,33H,6H2,1-5H3/b29-27-. The number of benzene rings is 3. The van der Waals surface area contributed by atoms with Crippen molar-refractivity contribution in [1.29, 1.82) is 0 Å². The summed E-state index contributed by atoms with van der Waals surface area (Å²) in [5.74, 6) is -0.183. The lowest BCUT2D eigenvalue weighted by atomic mass is 9.94. The number of rotatable bonds is 8. The molecule has 37 heavy (non-hydrogen) atoms. The molecular weight excluding hydrogens is 466 g/mol. The zero-order valence-corrected chi connectivity index (χ0v) is 21.9. The normalized spacial score (nSPS) is 17.1.